The van der Waals surface area contributed by atoms with Crippen LogP contribution in [0.1, 0.15) is 31.4 Å². The van der Waals surface area contributed by atoms with Crippen LogP contribution in [0.5, 0.6) is 0 Å². The van der Waals surface area contributed by atoms with Crippen molar-refractivity contribution in [3.05, 3.63) is 29.3 Å². The predicted octanol–water partition coefficient (Wildman–Crippen LogP) is 2.95. The van der Waals surface area contributed by atoms with Crippen LogP contribution in [0.4, 0.5) is 5.69 Å². The number of aryl methyl sites for hydroxylation is 2. The van der Waals surface area contributed by atoms with E-state index in [0.29, 0.717) is 5.17 Å². The second-order valence-corrected chi connectivity index (χ2v) is 10.3. The standard InChI is InChI=1S/C18H24N2O3S2/c1-5-11(2)17(21)19-18-20(14-7-6-12(3)13(4)8-14)15-9-25(22,23)10-16(15)24-18/h6-8,11,15-16H,5,9-10H2,1-4H3/t11-,15+,16+/m0/s1. The van der Waals surface area contributed by atoms with Crippen molar-refractivity contribution in [1.82, 2.24) is 0 Å². The molecule has 0 unspecified atom stereocenters. The van der Waals surface area contributed by atoms with E-state index in [1.165, 1.54) is 17.3 Å². The Balaban J connectivity index is 2.02. The molecule has 2 heterocycles. The highest BCUT2D eigenvalue weighted by Gasteiger charge is 2.49. The summed E-state index contributed by atoms with van der Waals surface area (Å²) < 4.78 is 24.2. The van der Waals surface area contributed by atoms with Crippen LogP contribution in [-0.4, -0.2) is 42.3 Å². The third kappa shape index (κ3) is 3.62. The van der Waals surface area contributed by atoms with E-state index in [0.717, 1.165) is 17.7 Å². The third-order valence-corrected chi connectivity index (χ3v) is 8.28. The molecule has 2 aliphatic heterocycles. The average Bonchev–Trinajstić information content (AvgIpc) is 3.00. The van der Waals surface area contributed by atoms with E-state index in [1.54, 1.807) is 0 Å². The number of nitrogens with zero attached hydrogens (tertiary/aromatic N) is 2. The molecule has 0 aromatic heterocycles. The molecule has 1 amide bonds. The fourth-order valence-electron chi connectivity index (χ4n) is 3.12. The highest BCUT2D eigenvalue weighted by molar-refractivity contribution is 8.16. The molecule has 3 atom stereocenters. The van der Waals surface area contributed by atoms with Gasteiger partial charge in [0.25, 0.3) is 5.91 Å². The number of amidine groups is 1. The fraction of sp³-hybridized carbons (Fsp3) is 0.556. The van der Waals surface area contributed by atoms with Crippen LogP contribution >= 0.6 is 11.8 Å². The Morgan fingerprint density at radius 3 is 2.68 bits per heavy atom. The molecule has 2 saturated heterocycles. The summed E-state index contributed by atoms with van der Waals surface area (Å²) in [5, 5.41) is 0.577. The van der Waals surface area contributed by atoms with Crippen molar-refractivity contribution in [3.63, 3.8) is 0 Å². The molecule has 0 aliphatic carbocycles. The molecule has 136 valence electrons. The smallest absolute Gasteiger partial charge is 0.250 e. The Kier molecular flexibility index (Phi) is 4.99. The van der Waals surface area contributed by atoms with Crippen LogP contribution in [-0.2, 0) is 14.6 Å². The van der Waals surface area contributed by atoms with Gasteiger partial charge in [0.1, 0.15) is 0 Å². The maximum Gasteiger partial charge on any atom is 0.250 e. The van der Waals surface area contributed by atoms with Crippen molar-refractivity contribution < 1.29 is 13.2 Å². The van der Waals surface area contributed by atoms with Crippen LogP contribution in [0.3, 0.4) is 0 Å². The van der Waals surface area contributed by atoms with E-state index in [4.69, 9.17) is 0 Å². The zero-order valence-corrected chi connectivity index (χ0v) is 16.7. The fourth-order valence-corrected chi connectivity index (χ4v) is 7.04. The van der Waals surface area contributed by atoms with Crippen molar-refractivity contribution in [2.24, 2.45) is 10.9 Å². The Morgan fingerprint density at radius 2 is 2.04 bits per heavy atom. The lowest BCUT2D eigenvalue weighted by molar-refractivity contribution is -0.121. The highest BCUT2D eigenvalue weighted by Crippen LogP contribution is 2.41. The number of anilines is 1. The molecule has 7 heteroatoms. The molecule has 5 nitrogen and oxygen atoms in total. The summed E-state index contributed by atoms with van der Waals surface area (Å²) in [5.41, 5.74) is 3.23. The summed E-state index contributed by atoms with van der Waals surface area (Å²) in [7, 11) is -3.04. The summed E-state index contributed by atoms with van der Waals surface area (Å²) >= 11 is 1.43. The van der Waals surface area contributed by atoms with Gasteiger partial charge in [-0.15, -0.1) is 0 Å². The number of hydrogen-bond donors (Lipinski definition) is 0. The molecule has 3 rings (SSSR count). The Morgan fingerprint density at radius 1 is 1.32 bits per heavy atom. The number of hydrogen-bond acceptors (Lipinski definition) is 4. The van der Waals surface area contributed by atoms with Gasteiger partial charge in [-0.05, 0) is 43.5 Å². The van der Waals surface area contributed by atoms with Crippen molar-refractivity contribution in [3.8, 4) is 0 Å². The number of sulfone groups is 1. The predicted molar refractivity (Wildman–Crippen MR) is 104 cm³/mol. The number of amides is 1. The van der Waals surface area contributed by atoms with Gasteiger partial charge in [0.2, 0.25) is 0 Å². The van der Waals surface area contributed by atoms with E-state index >= 15 is 0 Å². The molecule has 25 heavy (non-hydrogen) atoms. The average molecular weight is 381 g/mol. The SMILES string of the molecule is CC[C@H](C)C(=O)N=C1S[C@@H]2CS(=O)(=O)C[C@H]2N1c1ccc(C)c(C)c1. The van der Waals surface area contributed by atoms with Crippen LogP contribution in [0, 0.1) is 19.8 Å². The molecule has 0 bridgehead atoms. The van der Waals surface area contributed by atoms with Gasteiger partial charge in [-0.3, -0.25) is 4.79 Å². The second-order valence-electron chi connectivity index (χ2n) is 6.98. The van der Waals surface area contributed by atoms with Gasteiger partial charge in [0.15, 0.2) is 15.0 Å². The molecular formula is C18H24N2O3S2. The maximum atomic E-state index is 12.3. The molecule has 0 saturated carbocycles. The lowest BCUT2D eigenvalue weighted by Gasteiger charge is -2.25. The Labute approximate surface area is 153 Å². The molecule has 1 aromatic rings. The van der Waals surface area contributed by atoms with Gasteiger partial charge >= 0.3 is 0 Å². The van der Waals surface area contributed by atoms with E-state index in [1.807, 2.05) is 50.8 Å². The maximum absolute atomic E-state index is 12.3. The highest BCUT2D eigenvalue weighted by atomic mass is 32.2. The molecule has 0 spiro atoms. The lowest BCUT2D eigenvalue weighted by atomic mass is 10.1. The molecular weight excluding hydrogens is 356 g/mol. The number of benzene rings is 1. The first kappa shape index (κ1) is 18.5. The van der Waals surface area contributed by atoms with Crippen LogP contribution < -0.4 is 4.90 Å². The summed E-state index contributed by atoms with van der Waals surface area (Å²) in [5.74, 6) is 0.00879. The molecule has 0 N–H and O–H groups in total. The van der Waals surface area contributed by atoms with Crippen LogP contribution in [0.15, 0.2) is 23.2 Å². The minimum absolute atomic E-state index is 0.0601. The minimum atomic E-state index is -3.04. The van der Waals surface area contributed by atoms with Crippen LogP contribution in [0.25, 0.3) is 0 Å². The minimum Gasteiger partial charge on any atom is -0.316 e. The van der Waals surface area contributed by atoms with Gasteiger partial charge in [-0.1, -0.05) is 31.7 Å². The van der Waals surface area contributed by atoms with Gasteiger partial charge in [-0.2, -0.15) is 4.99 Å². The molecule has 2 aliphatic rings. The number of carbonyl (C=O) groups excluding carboxylic acids is 1. The van der Waals surface area contributed by atoms with Crippen molar-refractivity contribution >= 4 is 38.4 Å². The molecule has 0 radical (unpaired) electrons. The number of rotatable bonds is 3. The Hall–Kier alpha value is -1.34. The number of carbonyl (C=O) groups is 1. The first-order valence-corrected chi connectivity index (χ1v) is 11.3. The first-order valence-electron chi connectivity index (χ1n) is 8.58. The number of fused-ring (bicyclic) bond motifs is 1. The van der Waals surface area contributed by atoms with Crippen molar-refractivity contribution in [2.75, 3.05) is 16.4 Å². The monoisotopic (exact) mass is 380 g/mol. The topological polar surface area (TPSA) is 66.8 Å². The number of thioether (sulfide) groups is 1. The van der Waals surface area contributed by atoms with Crippen molar-refractivity contribution in [2.45, 2.75) is 45.4 Å². The largest absolute Gasteiger partial charge is 0.316 e. The van der Waals surface area contributed by atoms with Gasteiger partial charge in [0, 0.05) is 16.9 Å². The van der Waals surface area contributed by atoms with E-state index in [2.05, 4.69) is 4.99 Å². The first-order chi connectivity index (χ1) is 11.7. The van der Waals surface area contributed by atoms with Gasteiger partial charge in [-0.25, -0.2) is 8.42 Å². The summed E-state index contributed by atoms with van der Waals surface area (Å²) in [4.78, 5) is 18.7. The number of aliphatic imine (C=N–C) groups is 1. The lowest BCUT2D eigenvalue weighted by Crippen LogP contribution is -2.38. The van der Waals surface area contributed by atoms with E-state index in [-0.39, 0.29) is 34.6 Å². The molecule has 2 fully saturated rings. The van der Waals surface area contributed by atoms with Crippen molar-refractivity contribution in [1.29, 1.82) is 0 Å². The van der Waals surface area contributed by atoms with E-state index in [9.17, 15) is 13.2 Å². The van der Waals surface area contributed by atoms with Crippen LogP contribution in [0.2, 0.25) is 0 Å². The summed E-state index contributed by atoms with van der Waals surface area (Å²) in [6.45, 7) is 7.92. The summed E-state index contributed by atoms with van der Waals surface area (Å²) in [6.07, 6.45) is 0.741. The van der Waals surface area contributed by atoms with Gasteiger partial charge < -0.3 is 4.90 Å². The quantitative estimate of drug-likeness (QED) is 0.806. The van der Waals surface area contributed by atoms with E-state index < -0.39 is 9.84 Å². The zero-order valence-electron chi connectivity index (χ0n) is 15.0. The van der Waals surface area contributed by atoms with Gasteiger partial charge in [0.05, 0.1) is 17.5 Å². The Bertz CT molecular complexity index is 833. The second kappa shape index (κ2) is 6.76. The normalized spacial score (nSPS) is 27.5. The summed E-state index contributed by atoms with van der Waals surface area (Å²) in [6, 6.07) is 5.91. The zero-order chi connectivity index (χ0) is 18.4. The third-order valence-electron chi connectivity index (χ3n) is 5.08. The molecule has 1 aromatic carbocycles.